The standard InChI is InChI=1S/C17H17Cl2NO3/c1-23-16(21)7-6-14(15-10-13(19)8-9-20-15)17(22)11-2-4-12(18)5-3-11/h2-5,8-10,14,17,22H,6-7H2,1H3/t14-,17+/m0/s1. The summed E-state index contributed by atoms with van der Waals surface area (Å²) in [7, 11) is 1.34. The molecule has 0 radical (unpaired) electrons. The van der Waals surface area contributed by atoms with E-state index in [1.165, 1.54) is 7.11 Å². The number of carbonyl (C=O) groups excluding carboxylic acids is 1. The van der Waals surface area contributed by atoms with Crippen LogP contribution in [0.15, 0.2) is 42.6 Å². The largest absolute Gasteiger partial charge is 0.469 e. The zero-order valence-corrected chi connectivity index (χ0v) is 14.1. The topological polar surface area (TPSA) is 59.4 Å². The molecule has 122 valence electrons. The number of rotatable bonds is 6. The highest BCUT2D eigenvalue weighted by atomic mass is 35.5. The number of ether oxygens (including phenoxy) is 1. The zero-order valence-electron chi connectivity index (χ0n) is 12.6. The van der Waals surface area contributed by atoms with Gasteiger partial charge in [0.05, 0.1) is 13.2 Å². The lowest BCUT2D eigenvalue weighted by molar-refractivity contribution is -0.140. The van der Waals surface area contributed by atoms with Crippen LogP contribution >= 0.6 is 23.2 Å². The fraction of sp³-hybridized carbons (Fsp3) is 0.294. The smallest absolute Gasteiger partial charge is 0.305 e. The lowest BCUT2D eigenvalue weighted by atomic mass is 9.88. The summed E-state index contributed by atoms with van der Waals surface area (Å²) in [5.74, 6) is -0.714. The summed E-state index contributed by atoms with van der Waals surface area (Å²) < 4.78 is 4.68. The van der Waals surface area contributed by atoms with E-state index in [1.807, 2.05) is 0 Å². The Labute approximate surface area is 145 Å². The molecule has 4 nitrogen and oxygen atoms in total. The monoisotopic (exact) mass is 353 g/mol. The van der Waals surface area contributed by atoms with Crippen molar-refractivity contribution in [2.75, 3.05) is 7.11 Å². The lowest BCUT2D eigenvalue weighted by Crippen LogP contribution is -2.15. The van der Waals surface area contributed by atoms with Crippen molar-refractivity contribution >= 4 is 29.2 Å². The van der Waals surface area contributed by atoms with Gasteiger partial charge >= 0.3 is 5.97 Å². The molecular formula is C17H17Cl2NO3. The maximum absolute atomic E-state index is 11.5. The molecule has 0 bridgehead atoms. The van der Waals surface area contributed by atoms with Gasteiger partial charge in [0.2, 0.25) is 0 Å². The molecular weight excluding hydrogens is 337 g/mol. The van der Waals surface area contributed by atoms with E-state index < -0.39 is 6.10 Å². The molecule has 0 fully saturated rings. The van der Waals surface area contributed by atoms with Crippen molar-refractivity contribution in [3.63, 3.8) is 0 Å². The van der Waals surface area contributed by atoms with Gasteiger partial charge in [-0.1, -0.05) is 35.3 Å². The van der Waals surface area contributed by atoms with Gasteiger partial charge in [0.1, 0.15) is 0 Å². The predicted molar refractivity (Wildman–Crippen MR) is 89.6 cm³/mol. The molecule has 23 heavy (non-hydrogen) atoms. The molecule has 0 saturated carbocycles. The molecule has 1 heterocycles. The molecule has 0 aliphatic heterocycles. The summed E-state index contributed by atoms with van der Waals surface area (Å²) in [6.45, 7) is 0. The number of hydrogen-bond acceptors (Lipinski definition) is 4. The van der Waals surface area contributed by atoms with Gasteiger partial charge in [0.25, 0.3) is 0 Å². The number of methoxy groups -OCH3 is 1. The SMILES string of the molecule is COC(=O)CC[C@@H](c1cc(Cl)ccn1)[C@H](O)c1ccc(Cl)cc1. The van der Waals surface area contributed by atoms with Crippen molar-refractivity contribution in [1.29, 1.82) is 0 Å². The first kappa shape index (κ1) is 17.7. The maximum Gasteiger partial charge on any atom is 0.305 e. The van der Waals surface area contributed by atoms with Gasteiger partial charge in [-0.25, -0.2) is 0 Å². The predicted octanol–water partition coefficient (Wildman–Crippen LogP) is 4.16. The van der Waals surface area contributed by atoms with Crippen LogP contribution in [0.1, 0.15) is 36.1 Å². The Morgan fingerprint density at radius 3 is 2.52 bits per heavy atom. The van der Waals surface area contributed by atoms with Crippen LogP contribution in [-0.4, -0.2) is 23.2 Å². The summed E-state index contributed by atoms with van der Waals surface area (Å²) in [6, 6.07) is 10.3. The molecule has 0 aliphatic rings. The van der Waals surface area contributed by atoms with E-state index in [2.05, 4.69) is 9.72 Å². The van der Waals surface area contributed by atoms with E-state index in [9.17, 15) is 9.90 Å². The number of esters is 1. The second kappa shape index (κ2) is 8.29. The number of halogens is 2. The van der Waals surface area contributed by atoms with Gasteiger partial charge in [-0.05, 0) is 36.2 Å². The molecule has 0 saturated heterocycles. The van der Waals surface area contributed by atoms with Crippen LogP contribution in [0.4, 0.5) is 0 Å². The Kier molecular flexibility index (Phi) is 6.39. The van der Waals surface area contributed by atoms with E-state index in [0.717, 1.165) is 0 Å². The van der Waals surface area contributed by atoms with Crippen LogP contribution in [0, 0.1) is 0 Å². The molecule has 1 aromatic carbocycles. The molecule has 0 spiro atoms. The fourth-order valence-corrected chi connectivity index (χ4v) is 2.65. The van der Waals surface area contributed by atoms with Crippen molar-refractivity contribution < 1.29 is 14.6 Å². The molecule has 0 unspecified atom stereocenters. The van der Waals surface area contributed by atoms with E-state index in [4.69, 9.17) is 23.2 Å². The summed E-state index contributed by atoms with van der Waals surface area (Å²) in [6.07, 6.45) is 1.32. The van der Waals surface area contributed by atoms with E-state index in [-0.39, 0.29) is 18.3 Å². The molecule has 0 amide bonds. The van der Waals surface area contributed by atoms with Gasteiger partial charge < -0.3 is 9.84 Å². The summed E-state index contributed by atoms with van der Waals surface area (Å²) in [5, 5.41) is 11.8. The molecule has 1 aromatic heterocycles. The average molecular weight is 354 g/mol. The Hall–Kier alpha value is -1.62. The first-order chi connectivity index (χ1) is 11.0. The molecule has 6 heteroatoms. The summed E-state index contributed by atoms with van der Waals surface area (Å²) in [4.78, 5) is 15.7. The normalized spacial score (nSPS) is 13.4. The van der Waals surface area contributed by atoms with Gasteiger partial charge in [0, 0.05) is 34.3 Å². The van der Waals surface area contributed by atoms with Crippen LogP contribution in [-0.2, 0) is 9.53 Å². The number of aliphatic hydroxyl groups excluding tert-OH is 1. The third kappa shape index (κ3) is 4.93. The van der Waals surface area contributed by atoms with Gasteiger partial charge in [-0.15, -0.1) is 0 Å². The number of pyridine rings is 1. The highest BCUT2D eigenvalue weighted by molar-refractivity contribution is 6.30. The van der Waals surface area contributed by atoms with Crippen molar-refractivity contribution in [1.82, 2.24) is 4.98 Å². The second-order valence-electron chi connectivity index (χ2n) is 5.12. The Bertz CT molecular complexity index is 661. The number of aliphatic hydroxyl groups is 1. The third-order valence-corrected chi connectivity index (χ3v) is 4.09. The highest BCUT2D eigenvalue weighted by Crippen LogP contribution is 2.35. The first-order valence-corrected chi connectivity index (χ1v) is 7.88. The second-order valence-corrected chi connectivity index (χ2v) is 5.99. The molecule has 0 aliphatic carbocycles. The molecule has 2 aromatic rings. The van der Waals surface area contributed by atoms with Crippen LogP contribution in [0.2, 0.25) is 10.0 Å². The van der Waals surface area contributed by atoms with E-state index in [0.29, 0.717) is 27.7 Å². The number of benzene rings is 1. The third-order valence-electron chi connectivity index (χ3n) is 3.60. The number of carbonyl (C=O) groups is 1. The van der Waals surface area contributed by atoms with Crippen LogP contribution in [0.5, 0.6) is 0 Å². The number of aromatic nitrogens is 1. The minimum absolute atomic E-state index is 0.181. The van der Waals surface area contributed by atoms with Crippen LogP contribution in [0.3, 0.4) is 0 Å². The highest BCUT2D eigenvalue weighted by Gasteiger charge is 2.25. The van der Waals surface area contributed by atoms with Crippen LogP contribution < -0.4 is 0 Å². The number of hydrogen-bond donors (Lipinski definition) is 1. The van der Waals surface area contributed by atoms with Crippen molar-refractivity contribution in [3.05, 3.63) is 63.9 Å². The summed E-state index contributed by atoms with van der Waals surface area (Å²) >= 11 is 11.9. The first-order valence-electron chi connectivity index (χ1n) is 7.13. The minimum Gasteiger partial charge on any atom is -0.469 e. The average Bonchev–Trinajstić information content (AvgIpc) is 2.55. The molecule has 2 rings (SSSR count). The Morgan fingerprint density at radius 1 is 1.22 bits per heavy atom. The quantitative estimate of drug-likeness (QED) is 0.792. The zero-order chi connectivity index (χ0) is 16.8. The Morgan fingerprint density at radius 2 is 1.91 bits per heavy atom. The van der Waals surface area contributed by atoms with Crippen molar-refractivity contribution in [3.8, 4) is 0 Å². The molecule has 1 N–H and O–H groups in total. The summed E-state index contributed by atoms with van der Waals surface area (Å²) in [5.41, 5.74) is 1.33. The Balaban J connectivity index is 2.28. The van der Waals surface area contributed by atoms with Crippen molar-refractivity contribution in [2.24, 2.45) is 0 Å². The van der Waals surface area contributed by atoms with Crippen molar-refractivity contribution in [2.45, 2.75) is 24.9 Å². The van der Waals surface area contributed by atoms with Crippen LogP contribution in [0.25, 0.3) is 0 Å². The lowest BCUT2D eigenvalue weighted by Gasteiger charge is -2.23. The fourth-order valence-electron chi connectivity index (χ4n) is 2.36. The molecule has 2 atom stereocenters. The van der Waals surface area contributed by atoms with E-state index >= 15 is 0 Å². The maximum atomic E-state index is 11.5. The van der Waals surface area contributed by atoms with Gasteiger partial charge in [-0.2, -0.15) is 0 Å². The van der Waals surface area contributed by atoms with E-state index in [1.54, 1.807) is 42.6 Å². The number of nitrogens with zero attached hydrogens (tertiary/aromatic N) is 1. The minimum atomic E-state index is -0.831. The van der Waals surface area contributed by atoms with Gasteiger partial charge in [0.15, 0.2) is 0 Å². The van der Waals surface area contributed by atoms with Gasteiger partial charge in [-0.3, -0.25) is 9.78 Å².